The van der Waals surface area contributed by atoms with Crippen LogP contribution < -0.4 is 5.32 Å². The first-order valence-corrected chi connectivity index (χ1v) is 6.46. The molecule has 0 saturated carbocycles. The third-order valence-electron chi connectivity index (χ3n) is 3.22. The SMILES string of the molecule is COC(=O)CCC(=O)NC1[C@@H](OC)OC(CO)[C@@H](O)[C@@H]1O. The lowest BCUT2D eigenvalue weighted by molar-refractivity contribution is -0.262. The van der Waals surface area contributed by atoms with Crippen LogP contribution in [0.1, 0.15) is 12.8 Å². The zero-order chi connectivity index (χ0) is 16.0. The normalized spacial score (nSPS) is 32.5. The number of amides is 1. The molecular weight excluding hydrogens is 286 g/mol. The van der Waals surface area contributed by atoms with Crippen LogP contribution >= 0.6 is 0 Å². The summed E-state index contributed by atoms with van der Waals surface area (Å²) in [6, 6.07) is -1.02. The monoisotopic (exact) mass is 307 g/mol. The highest BCUT2D eigenvalue weighted by Crippen LogP contribution is 2.21. The quantitative estimate of drug-likeness (QED) is 0.396. The Morgan fingerprint density at radius 3 is 2.38 bits per heavy atom. The van der Waals surface area contributed by atoms with Crippen molar-refractivity contribution in [1.29, 1.82) is 0 Å². The molecule has 1 heterocycles. The summed E-state index contributed by atoms with van der Waals surface area (Å²) in [6.07, 6.45) is -5.01. The molecular formula is C12H21NO8. The highest BCUT2D eigenvalue weighted by molar-refractivity contribution is 5.81. The molecule has 0 aromatic rings. The van der Waals surface area contributed by atoms with Gasteiger partial charge in [0.25, 0.3) is 0 Å². The number of methoxy groups -OCH3 is 2. The molecule has 1 aliphatic heterocycles. The molecule has 1 amide bonds. The summed E-state index contributed by atoms with van der Waals surface area (Å²) in [7, 11) is 2.52. The molecule has 1 rings (SSSR count). The van der Waals surface area contributed by atoms with E-state index in [2.05, 4.69) is 10.1 Å². The van der Waals surface area contributed by atoms with E-state index < -0.39 is 49.1 Å². The summed E-state index contributed by atoms with van der Waals surface area (Å²) < 4.78 is 14.6. The summed E-state index contributed by atoms with van der Waals surface area (Å²) in [5.74, 6) is -1.06. The summed E-state index contributed by atoms with van der Waals surface area (Å²) >= 11 is 0. The Morgan fingerprint density at radius 1 is 1.19 bits per heavy atom. The molecule has 1 aliphatic rings. The second-order valence-corrected chi connectivity index (χ2v) is 4.61. The molecule has 0 spiro atoms. The van der Waals surface area contributed by atoms with E-state index in [1.165, 1.54) is 14.2 Å². The number of esters is 1. The van der Waals surface area contributed by atoms with Crippen molar-refractivity contribution in [2.24, 2.45) is 0 Å². The first-order chi connectivity index (χ1) is 9.94. The molecule has 0 aromatic heterocycles. The maximum Gasteiger partial charge on any atom is 0.306 e. The van der Waals surface area contributed by atoms with E-state index in [0.717, 1.165) is 0 Å². The molecule has 21 heavy (non-hydrogen) atoms. The Hall–Kier alpha value is -1.26. The third kappa shape index (κ3) is 4.61. The van der Waals surface area contributed by atoms with Gasteiger partial charge in [0.15, 0.2) is 6.29 Å². The molecule has 0 radical (unpaired) electrons. The Morgan fingerprint density at radius 2 is 1.86 bits per heavy atom. The summed E-state index contributed by atoms with van der Waals surface area (Å²) in [5.41, 5.74) is 0. The van der Waals surface area contributed by atoms with Gasteiger partial charge in [-0.3, -0.25) is 9.59 Å². The number of hydrogen-bond acceptors (Lipinski definition) is 8. The fourth-order valence-corrected chi connectivity index (χ4v) is 2.01. The molecule has 9 nitrogen and oxygen atoms in total. The first kappa shape index (κ1) is 17.8. The maximum absolute atomic E-state index is 11.7. The largest absolute Gasteiger partial charge is 0.469 e. The third-order valence-corrected chi connectivity index (χ3v) is 3.22. The fraction of sp³-hybridized carbons (Fsp3) is 0.833. The zero-order valence-corrected chi connectivity index (χ0v) is 11.9. The van der Waals surface area contributed by atoms with Gasteiger partial charge in [0.2, 0.25) is 5.91 Å². The van der Waals surface area contributed by atoms with Crippen LogP contribution in [0, 0.1) is 0 Å². The molecule has 0 bridgehead atoms. The highest BCUT2D eigenvalue weighted by Gasteiger charge is 2.45. The number of carbonyl (C=O) groups is 2. The zero-order valence-electron chi connectivity index (χ0n) is 11.9. The topological polar surface area (TPSA) is 135 Å². The standard InChI is InChI=1S/C12H21NO8/c1-19-8(16)4-3-7(15)13-9-11(18)10(17)6(5-14)21-12(9)20-2/h6,9-12,14,17-18H,3-5H2,1-2H3,(H,13,15)/t6?,9?,10-,11-,12+/m1/s1. The van der Waals surface area contributed by atoms with E-state index in [4.69, 9.17) is 14.6 Å². The summed E-state index contributed by atoms with van der Waals surface area (Å²) in [4.78, 5) is 22.7. The van der Waals surface area contributed by atoms with Crippen molar-refractivity contribution in [1.82, 2.24) is 5.32 Å². The second-order valence-electron chi connectivity index (χ2n) is 4.61. The van der Waals surface area contributed by atoms with Crippen LogP contribution in [0.25, 0.3) is 0 Å². The van der Waals surface area contributed by atoms with Gasteiger partial charge in [-0.2, -0.15) is 0 Å². The summed E-state index contributed by atoms with van der Waals surface area (Å²) in [6.45, 7) is -0.499. The molecule has 0 aromatic carbocycles. The van der Waals surface area contributed by atoms with E-state index >= 15 is 0 Å². The molecule has 1 saturated heterocycles. The average molecular weight is 307 g/mol. The average Bonchev–Trinajstić information content (AvgIpc) is 2.49. The second kappa shape index (κ2) is 8.25. The number of nitrogens with one attached hydrogen (secondary N) is 1. The van der Waals surface area contributed by atoms with Crippen LogP contribution in [-0.4, -0.2) is 78.7 Å². The van der Waals surface area contributed by atoms with Crippen LogP contribution in [0.15, 0.2) is 0 Å². The Kier molecular flexibility index (Phi) is 6.99. The van der Waals surface area contributed by atoms with Crippen molar-refractivity contribution < 1.29 is 39.1 Å². The van der Waals surface area contributed by atoms with E-state index in [9.17, 15) is 19.8 Å². The van der Waals surface area contributed by atoms with Gasteiger partial charge in [-0.05, 0) is 0 Å². The minimum atomic E-state index is -1.37. The minimum Gasteiger partial charge on any atom is -0.469 e. The molecule has 122 valence electrons. The van der Waals surface area contributed by atoms with Crippen molar-refractivity contribution in [3.05, 3.63) is 0 Å². The van der Waals surface area contributed by atoms with Crippen LogP contribution in [-0.2, 0) is 23.8 Å². The van der Waals surface area contributed by atoms with Crippen molar-refractivity contribution in [2.45, 2.75) is 43.5 Å². The van der Waals surface area contributed by atoms with E-state index in [0.29, 0.717) is 0 Å². The van der Waals surface area contributed by atoms with Crippen molar-refractivity contribution >= 4 is 11.9 Å². The van der Waals surface area contributed by atoms with E-state index in [-0.39, 0.29) is 12.8 Å². The Labute approximate surface area is 121 Å². The van der Waals surface area contributed by atoms with Crippen molar-refractivity contribution in [2.75, 3.05) is 20.8 Å². The number of ether oxygens (including phenoxy) is 3. The molecule has 9 heteroatoms. The van der Waals surface area contributed by atoms with Gasteiger partial charge in [-0.1, -0.05) is 0 Å². The molecule has 4 N–H and O–H groups in total. The first-order valence-electron chi connectivity index (χ1n) is 6.46. The van der Waals surface area contributed by atoms with Crippen LogP contribution in [0.5, 0.6) is 0 Å². The van der Waals surface area contributed by atoms with Gasteiger partial charge >= 0.3 is 5.97 Å². The summed E-state index contributed by atoms with van der Waals surface area (Å²) in [5, 5.41) is 31.2. The van der Waals surface area contributed by atoms with Gasteiger partial charge in [-0.15, -0.1) is 0 Å². The molecule has 5 atom stereocenters. The fourth-order valence-electron chi connectivity index (χ4n) is 2.01. The van der Waals surface area contributed by atoms with Crippen LogP contribution in [0.2, 0.25) is 0 Å². The smallest absolute Gasteiger partial charge is 0.306 e. The number of aliphatic hydroxyl groups excluding tert-OH is 3. The molecule has 0 aliphatic carbocycles. The number of hydrogen-bond donors (Lipinski definition) is 4. The van der Waals surface area contributed by atoms with Gasteiger partial charge in [-0.25, -0.2) is 0 Å². The molecule has 2 unspecified atom stereocenters. The van der Waals surface area contributed by atoms with Crippen LogP contribution in [0.3, 0.4) is 0 Å². The van der Waals surface area contributed by atoms with Crippen molar-refractivity contribution in [3.63, 3.8) is 0 Å². The Balaban J connectivity index is 2.62. The van der Waals surface area contributed by atoms with Crippen molar-refractivity contribution in [3.8, 4) is 0 Å². The number of rotatable bonds is 6. The van der Waals surface area contributed by atoms with Gasteiger partial charge < -0.3 is 34.8 Å². The van der Waals surface area contributed by atoms with Gasteiger partial charge in [0.05, 0.1) is 20.1 Å². The van der Waals surface area contributed by atoms with Gasteiger partial charge in [0.1, 0.15) is 24.4 Å². The van der Waals surface area contributed by atoms with E-state index in [1.54, 1.807) is 0 Å². The van der Waals surface area contributed by atoms with Crippen LogP contribution in [0.4, 0.5) is 0 Å². The maximum atomic E-state index is 11.7. The predicted octanol–water partition coefficient (Wildman–Crippen LogP) is -2.49. The lowest BCUT2D eigenvalue weighted by atomic mass is 9.97. The predicted molar refractivity (Wildman–Crippen MR) is 68.0 cm³/mol. The van der Waals surface area contributed by atoms with E-state index in [1.807, 2.05) is 0 Å². The number of aliphatic hydroxyl groups is 3. The lowest BCUT2D eigenvalue weighted by Crippen LogP contribution is -2.64. The number of carbonyl (C=O) groups excluding carboxylic acids is 2. The minimum absolute atomic E-state index is 0.106. The molecule has 1 fully saturated rings. The lowest BCUT2D eigenvalue weighted by Gasteiger charge is -2.41. The Bertz CT molecular complexity index is 361. The van der Waals surface area contributed by atoms with Gasteiger partial charge in [0, 0.05) is 13.5 Å². The highest BCUT2D eigenvalue weighted by atomic mass is 16.7.